The van der Waals surface area contributed by atoms with E-state index in [4.69, 9.17) is 16.3 Å². The second-order valence-electron chi connectivity index (χ2n) is 11.7. The molecule has 2 aromatic rings. The average Bonchev–Trinajstić information content (AvgIpc) is 3.55. The highest BCUT2D eigenvalue weighted by molar-refractivity contribution is 6.30. The van der Waals surface area contributed by atoms with E-state index < -0.39 is 29.6 Å². The largest absolute Gasteiger partial charge is 0.359 e. The lowest BCUT2D eigenvalue weighted by atomic mass is 9.73. The summed E-state index contributed by atoms with van der Waals surface area (Å²) >= 11 is 6.11. The van der Waals surface area contributed by atoms with Crippen molar-refractivity contribution in [1.82, 2.24) is 10.2 Å². The predicted molar refractivity (Wildman–Crippen MR) is 149 cm³/mol. The maximum absolute atomic E-state index is 14.1. The van der Waals surface area contributed by atoms with Crippen molar-refractivity contribution in [3.63, 3.8) is 0 Å². The fraction of sp³-hybridized carbons (Fsp3) is 0.452. The van der Waals surface area contributed by atoms with Gasteiger partial charge in [0.15, 0.2) is 0 Å². The van der Waals surface area contributed by atoms with Gasteiger partial charge in [-0.1, -0.05) is 68.6 Å². The summed E-state index contributed by atoms with van der Waals surface area (Å²) in [6.07, 6.45) is 5.97. The molecule has 6 unspecified atom stereocenters. The number of benzene rings is 2. The molecule has 4 aliphatic rings. The molecule has 2 N–H and O–H groups in total. The second-order valence-corrected chi connectivity index (χ2v) is 12.1. The van der Waals surface area contributed by atoms with Crippen molar-refractivity contribution in [2.75, 3.05) is 5.32 Å². The van der Waals surface area contributed by atoms with Crippen LogP contribution in [-0.4, -0.2) is 46.4 Å². The van der Waals surface area contributed by atoms with Gasteiger partial charge in [-0.3, -0.25) is 14.4 Å². The number of fused-ring (bicyclic) bond motifs is 1. The van der Waals surface area contributed by atoms with Gasteiger partial charge in [-0.05, 0) is 54.2 Å². The van der Waals surface area contributed by atoms with Gasteiger partial charge in [-0.25, -0.2) is 4.39 Å². The van der Waals surface area contributed by atoms with Crippen LogP contribution in [0, 0.1) is 29.5 Å². The zero-order chi connectivity index (χ0) is 28.2. The molecule has 3 heterocycles. The fourth-order valence-electron chi connectivity index (χ4n) is 7.06. The number of anilines is 1. The summed E-state index contributed by atoms with van der Waals surface area (Å²) in [6, 6.07) is 11.7. The first-order valence-electron chi connectivity index (χ1n) is 14.0. The Morgan fingerprint density at radius 2 is 1.90 bits per heavy atom. The number of carbonyl (C=O) groups is 3. The Labute approximate surface area is 238 Å². The van der Waals surface area contributed by atoms with Gasteiger partial charge >= 0.3 is 0 Å². The number of hydrogen-bond acceptors (Lipinski definition) is 4. The molecule has 2 saturated heterocycles. The Bertz CT molecular complexity index is 1370. The summed E-state index contributed by atoms with van der Waals surface area (Å²) in [6.45, 7) is 4.45. The van der Waals surface area contributed by atoms with E-state index in [1.807, 2.05) is 0 Å². The molecule has 1 spiro atoms. The number of amides is 3. The lowest BCUT2D eigenvalue weighted by Gasteiger charge is -2.38. The van der Waals surface area contributed by atoms with E-state index in [1.54, 1.807) is 48.6 Å². The van der Waals surface area contributed by atoms with E-state index in [1.165, 1.54) is 17.0 Å². The SMILES string of the molecule is CC1CCCC(NC(=O)C2N(Cc3ccc(F)cc3)C(=O)[C@H]3C(C(=O)Nc4cccc(Cl)c4)[C@H]4C=CC23O4)C1C. The van der Waals surface area contributed by atoms with Crippen molar-refractivity contribution in [2.45, 2.75) is 63.4 Å². The van der Waals surface area contributed by atoms with E-state index in [-0.39, 0.29) is 36.1 Å². The minimum Gasteiger partial charge on any atom is -0.359 e. The van der Waals surface area contributed by atoms with Crippen LogP contribution in [0.5, 0.6) is 0 Å². The maximum Gasteiger partial charge on any atom is 0.246 e. The summed E-state index contributed by atoms with van der Waals surface area (Å²) in [5.74, 6) is -2.29. The van der Waals surface area contributed by atoms with E-state index in [9.17, 15) is 18.8 Å². The summed E-state index contributed by atoms with van der Waals surface area (Å²) in [4.78, 5) is 43.4. The molecule has 2 bridgehead atoms. The van der Waals surface area contributed by atoms with Gasteiger partial charge in [-0.15, -0.1) is 0 Å². The van der Waals surface area contributed by atoms with Gasteiger partial charge in [0.05, 0.1) is 17.9 Å². The first-order chi connectivity index (χ1) is 19.2. The predicted octanol–water partition coefficient (Wildman–Crippen LogP) is 4.71. The van der Waals surface area contributed by atoms with E-state index in [0.29, 0.717) is 28.1 Å². The molecule has 3 amide bonds. The monoisotopic (exact) mass is 565 g/mol. The van der Waals surface area contributed by atoms with E-state index in [2.05, 4.69) is 24.5 Å². The second kappa shape index (κ2) is 10.3. The third-order valence-corrected chi connectivity index (χ3v) is 9.55. The smallest absolute Gasteiger partial charge is 0.246 e. The zero-order valence-corrected chi connectivity index (χ0v) is 23.2. The number of halogens is 2. The van der Waals surface area contributed by atoms with Gasteiger partial charge in [0.2, 0.25) is 17.7 Å². The van der Waals surface area contributed by atoms with Crippen molar-refractivity contribution >= 4 is 35.0 Å². The summed E-state index contributed by atoms with van der Waals surface area (Å²) < 4.78 is 20.1. The van der Waals surface area contributed by atoms with Crippen molar-refractivity contribution in [2.24, 2.45) is 23.7 Å². The number of nitrogens with zero attached hydrogens (tertiary/aromatic N) is 1. The van der Waals surface area contributed by atoms with Crippen LogP contribution in [0.3, 0.4) is 0 Å². The highest BCUT2D eigenvalue weighted by Crippen LogP contribution is 2.55. The van der Waals surface area contributed by atoms with Crippen LogP contribution in [0.15, 0.2) is 60.7 Å². The van der Waals surface area contributed by atoms with E-state index in [0.717, 1.165) is 19.3 Å². The molecule has 8 atom stereocenters. The molecular formula is C31H33ClFN3O4. The Morgan fingerprint density at radius 3 is 2.65 bits per heavy atom. The number of hydrogen-bond donors (Lipinski definition) is 2. The minimum atomic E-state index is -1.27. The molecule has 6 rings (SSSR count). The van der Waals surface area contributed by atoms with Gasteiger partial charge in [0, 0.05) is 23.3 Å². The number of carbonyl (C=O) groups excluding carboxylic acids is 3. The molecule has 210 valence electrons. The summed E-state index contributed by atoms with van der Waals surface area (Å²) in [7, 11) is 0. The van der Waals surface area contributed by atoms with Crippen molar-refractivity contribution in [3.8, 4) is 0 Å². The number of nitrogens with one attached hydrogen (secondary N) is 2. The fourth-order valence-corrected chi connectivity index (χ4v) is 7.25. The average molecular weight is 566 g/mol. The molecule has 1 saturated carbocycles. The number of ether oxygens (including phenoxy) is 1. The molecule has 40 heavy (non-hydrogen) atoms. The third-order valence-electron chi connectivity index (χ3n) is 9.32. The Kier molecular flexibility index (Phi) is 6.95. The van der Waals surface area contributed by atoms with Gasteiger partial charge in [0.1, 0.15) is 17.5 Å². The molecule has 0 radical (unpaired) electrons. The first kappa shape index (κ1) is 27.0. The van der Waals surface area contributed by atoms with Gasteiger partial charge < -0.3 is 20.3 Å². The van der Waals surface area contributed by atoms with Crippen molar-refractivity contribution in [1.29, 1.82) is 0 Å². The highest BCUT2D eigenvalue weighted by atomic mass is 35.5. The molecule has 3 fully saturated rings. The molecular weight excluding hydrogens is 533 g/mol. The summed E-state index contributed by atoms with van der Waals surface area (Å²) in [5.41, 5.74) is -0.0743. The maximum atomic E-state index is 14.1. The number of likely N-dealkylation sites (tertiary alicyclic amines) is 1. The Morgan fingerprint density at radius 1 is 1.12 bits per heavy atom. The quantitative estimate of drug-likeness (QED) is 0.497. The Hall–Kier alpha value is -3.23. The molecule has 9 heteroatoms. The first-order valence-corrected chi connectivity index (χ1v) is 14.3. The molecule has 3 aliphatic heterocycles. The van der Waals surface area contributed by atoms with Crippen LogP contribution in [0.4, 0.5) is 10.1 Å². The van der Waals surface area contributed by atoms with Crippen molar-refractivity contribution < 1.29 is 23.5 Å². The van der Waals surface area contributed by atoms with Gasteiger partial charge in [-0.2, -0.15) is 0 Å². The van der Waals surface area contributed by atoms with Crippen LogP contribution in [0.2, 0.25) is 5.02 Å². The van der Waals surface area contributed by atoms with E-state index >= 15 is 0 Å². The summed E-state index contributed by atoms with van der Waals surface area (Å²) in [5, 5.41) is 6.60. The molecule has 1 aliphatic carbocycles. The van der Waals surface area contributed by atoms with Crippen molar-refractivity contribution in [3.05, 3.63) is 77.1 Å². The minimum absolute atomic E-state index is 0.0148. The lowest BCUT2D eigenvalue weighted by Crippen LogP contribution is -2.57. The normalized spacial score (nSPS) is 34.1. The molecule has 0 aromatic heterocycles. The van der Waals surface area contributed by atoms with Crippen LogP contribution in [0.1, 0.15) is 38.7 Å². The lowest BCUT2D eigenvalue weighted by molar-refractivity contribution is -0.142. The Balaban J connectivity index is 1.33. The van der Waals surface area contributed by atoms with Crippen LogP contribution in [-0.2, 0) is 25.7 Å². The highest BCUT2D eigenvalue weighted by Gasteiger charge is 2.72. The van der Waals surface area contributed by atoms with Crippen LogP contribution < -0.4 is 10.6 Å². The topological polar surface area (TPSA) is 87.7 Å². The third kappa shape index (κ3) is 4.51. The molecule has 2 aromatic carbocycles. The van der Waals surface area contributed by atoms with Crippen LogP contribution in [0.25, 0.3) is 0 Å². The van der Waals surface area contributed by atoms with Gasteiger partial charge in [0.25, 0.3) is 0 Å². The molecule has 7 nitrogen and oxygen atoms in total. The van der Waals surface area contributed by atoms with Crippen LogP contribution >= 0.6 is 11.6 Å². The number of rotatable bonds is 6. The standard InChI is InChI=1S/C31H33ClFN3O4/c1-17-5-3-8-23(18(17)2)35-29(38)27-31-14-13-24(40-31)25(28(37)34-22-7-4-6-20(32)15-22)26(31)30(39)36(27)16-19-9-11-21(33)12-10-19/h4,6-7,9-15,17-18,23-27H,3,5,8,16H2,1-2H3,(H,34,37)(H,35,38)/t17?,18?,23?,24-,25?,26-,27?,31?/m1/s1. The zero-order valence-electron chi connectivity index (χ0n) is 22.5.